The highest BCUT2D eigenvalue weighted by atomic mass is 19.1. The molecule has 3 aromatic rings. The van der Waals surface area contributed by atoms with Gasteiger partial charge >= 0.3 is 0 Å². The van der Waals surface area contributed by atoms with Gasteiger partial charge in [0.1, 0.15) is 19.0 Å². The zero-order valence-electron chi connectivity index (χ0n) is 15.7. The second-order valence-corrected chi connectivity index (χ2v) is 6.54. The van der Waals surface area contributed by atoms with E-state index in [0.29, 0.717) is 11.4 Å². The average Bonchev–Trinajstić information content (AvgIpc) is 2.66. The van der Waals surface area contributed by atoms with Gasteiger partial charge in [0.2, 0.25) is 11.3 Å². The molecule has 0 aliphatic carbocycles. The lowest BCUT2D eigenvalue weighted by atomic mass is 10.1. The van der Waals surface area contributed by atoms with Crippen LogP contribution in [0.5, 0.6) is 5.75 Å². The lowest BCUT2D eigenvalue weighted by Gasteiger charge is -2.14. The summed E-state index contributed by atoms with van der Waals surface area (Å²) in [6, 6.07) is 14.7. The first kappa shape index (κ1) is 19.4. The number of nitrogens with zero attached hydrogens (tertiary/aromatic N) is 1. The number of aryl methyl sites for hydroxylation is 2. The van der Waals surface area contributed by atoms with Crippen LogP contribution in [-0.2, 0) is 17.9 Å². The van der Waals surface area contributed by atoms with Crippen molar-refractivity contribution in [2.24, 2.45) is 0 Å². The van der Waals surface area contributed by atoms with Crippen LogP contribution >= 0.6 is 0 Å². The van der Waals surface area contributed by atoms with Gasteiger partial charge in [-0.1, -0.05) is 24.3 Å². The van der Waals surface area contributed by atoms with Gasteiger partial charge in [-0.05, 0) is 49.2 Å². The van der Waals surface area contributed by atoms with Gasteiger partial charge in [0.25, 0.3) is 0 Å². The summed E-state index contributed by atoms with van der Waals surface area (Å²) >= 11 is 0. The molecule has 0 atom stereocenters. The number of hydrogen-bond donors (Lipinski definition) is 1. The largest absolute Gasteiger partial charge is 0.483 e. The number of hydrogen-bond acceptors (Lipinski definition) is 3. The first-order chi connectivity index (χ1) is 13.4. The summed E-state index contributed by atoms with van der Waals surface area (Å²) in [6.45, 7) is 4.00. The van der Waals surface area contributed by atoms with Crippen molar-refractivity contribution in [1.82, 2.24) is 4.57 Å². The standard InChI is InChI=1S/C22H21FN2O3/c1-15-5-3-4-6-17(15)14-28-21-12-25(16(2)11-20(21)26)13-22(27)24-19-9-7-18(23)8-10-19/h3-12H,13-14H2,1-2H3,(H,24,27). The molecule has 0 aliphatic rings. The van der Waals surface area contributed by atoms with Gasteiger partial charge in [-0.2, -0.15) is 0 Å². The van der Waals surface area contributed by atoms with E-state index in [1.165, 1.54) is 30.3 Å². The topological polar surface area (TPSA) is 60.3 Å². The van der Waals surface area contributed by atoms with Crippen molar-refractivity contribution in [2.45, 2.75) is 27.0 Å². The average molecular weight is 380 g/mol. The van der Waals surface area contributed by atoms with Gasteiger partial charge in [0.05, 0.1) is 6.20 Å². The lowest BCUT2D eigenvalue weighted by molar-refractivity contribution is -0.116. The molecule has 1 heterocycles. The third kappa shape index (κ3) is 4.85. The molecule has 1 aromatic heterocycles. The molecular formula is C22H21FN2O3. The molecule has 0 saturated heterocycles. The number of ether oxygens (including phenoxy) is 1. The molecule has 5 nitrogen and oxygen atoms in total. The van der Waals surface area contributed by atoms with Gasteiger partial charge < -0.3 is 14.6 Å². The predicted octanol–water partition coefficient (Wildman–Crippen LogP) is 3.82. The Hall–Kier alpha value is -3.41. The van der Waals surface area contributed by atoms with Gasteiger partial charge in [-0.25, -0.2) is 4.39 Å². The molecule has 3 rings (SSSR count). The maximum Gasteiger partial charge on any atom is 0.244 e. The van der Waals surface area contributed by atoms with Gasteiger partial charge in [-0.3, -0.25) is 9.59 Å². The monoisotopic (exact) mass is 380 g/mol. The van der Waals surface area contributed by atoms with E-state index in [-0.39, 0.29) is 36.1 Å². The minimum atomic E-state index is -0.371. The maximum atomic E-state index is 13.0. The fraction of sp³-hybridized carbons (Fsp3) is 0.182. The summed E-state index contributed by atoms with van der Waals surface area (Å²) in [6.07, 6.45) is 1.54. The van der Waals surface area contributed by atoms with E-state index in [2.05, 4.69) is 5.32 Å². The minimum absolute atomic E-state index is 0.00418. The lowest BCUT2D eigenvalue weighted by Crippen LogP contribution is -2.22. The van der Waals surface area contributed by atoms with Crippen LogP contribution in [-0.4, -0.2) is 10.5 Å². The molecular weight excluding hydrogens is 359 g/mol. The summed E-state index contributed by atoms with van der Waals surface area (Å²) in [5.74, 6) is -0.476. The van der Waals surface area contributed by atoms with E-state index in [1.54, 1.807) is 17.7 Å². The Morgan fingerprint density at radius 2 is 1.82 bits per heavy atom. The van der Waals surface area contributed by atoms with Crippen molar-refractivity contribution in [2.75, 3.05) is 5.32 Å². The number of rotatable bonds is 6. The molecule has 1 N–H and O–H groups in total. The van der Waals surface area contributed by atoms with Crippen LogP contribution in [0.25, 0.3) is 0 Å². The van der Waals surface area contributed by atoms with Crippen LogP contribution in [0, 0.1) is 19.7 Å². The Morgan fingerprint density at radius 1 is 1.11 bits per heavy atom. The predicted molar refractivity (Wildman–Crippen MR) is 106 cm³/mol. The van der Waals surface area contributed by atoms with E-state index in [0.717, 1.165) is 11.1 Å². The second kappa shape index (κ2) is 8.52. The fourth-order valence-corrected chi connectivity index (χ4v) is 2.75. The van der Waals surface area contributed by atoms with Crippen LogP contribution in [0.1, 0.15) is 16.8 Å². The highest BCUT2D eigenvalue weighted by molar-refractivity contribution is 5.90. The fourth-order valence-electron chi connectivity index (χ4n) is 2.75. The van der Waals surface area contributed by atoms with E-state index >= 15 is 0 Å². The Morgan fingerprint density at radius 3 is 2.54 bits per heavy atom. The first-order valence-corrected chi connectivity index (χ1v) is 8.86. The first-order valence-electron chi connectivity index (χ1n) is 8.86. The van der Waals surface area contributed by atoms with Gasteiger partial charge in [-0.15, -0.1) is 0 Å². The summed E-state index contributed by atoms with van der Waals surface area (Å²) < 4.78 is 20.3. The van der Waals surface area contributed by atoms with E-state index in [9.17, 15) is 14.0 Å². The van der Waals surface area contributed by atoms with Crippen molar-refractivity contribution < 1.29 is 13.9 Å². The molecule has 28 heavy (non-hydrogen) atoms. The second-order valence-electron chi connectivity index (χ2n) is 6.54. The van der Waals surface area contributed by atoms with Crippen molar-refractivity contribution in [3.05, 3.63) is 93.7 Å². The number of carbonyl (C=O) groups is 1. The smallest absolute Gasteiger partial charge is 0.244 e. The quantitative estimate of drug-likeness (QED) is 0.707. The zero-order chi connectivity index (χ0) is 20.1. The van der Waals surface area contributed by atoms with Crippen molar-refractivity contribution in [1.29, 1.82) is 0 Å². The molecule has 0 spiro atoms. The van der Waals surface area contributed by atoms with Crippen molar-refractivity contribution in [3.8, 4) is 5.75 Å². The Balaban J connectivity index is 1.71. The molecule has 6 heteroatoms. The number of benzene rings is 2. The van der Waals surface area contributed by atoms with E-state index in [4.69, 9.17) is 4.74 Å². The Bertz CT molecular complexity index is 1040. The van der Waals surface area contributed by atoms with E-state index < -0.39 is 0 Å². The number of aromatic nitrogens is 1. The summed E-state index contributed by atoms with van der Waals surface area (Å²) in [7, 11) is 0. The molecule has 144 valence electrons. The normalized spacial score (nSPS) is 10.5. The molecule has 0 radical (unpaired) electrons. The third-order valence-corrected chi connectivity index (χ3v) is 4.40. The molecule has 0 aliphatic heterocycles. The Kier molecular flexibility index (Phi) is 5.89. The molecule has 2 aromatic carbocycles. The molecule has 0 fully saturated rings. The molecule has 1 amide bonds. The molecule has 0 bridgehead atoms. The highest BCUT2D eigenvalue weighted by Gasteiger charge is 2.10. The third-order valence-electron chi connectivity index (χ3n) is 4.40. The summed E-state index contributed by atoms with van der Waals surface area (Å²) in [5.41, 5.74) is 2.97. The van der Waals surface area contributed by atoms with E-state index in [1.807, 2.05) is 31.2 Å². The molecule has 0 unspecified atom stereocenters. The SMILES string of the molecule is Cc1ccccc1COc1cn(CC(=O)Nc2ccc(F)cc2)c(C)cc1=O. The van der Waals surface area contributed by atoms with Crippen molar-refractivity contribution in [3.63, 3.8) is 0 Å². The summed E-state index contributed by atoms with van der Waals surface area (Å²) in [4.78, 5) is 24.5. The number of amides is 1. The highest BCUT2D eigenvalue weighted by Crippen LogP contribution is 2.13. The minimum Gasteiger partial charge on any atom is -0.483 e. The van der Waals surface area contributed by atoms with Gasteiger partial charge in [0.15, 0.2) is 5.75 Å². The van der Waals surface area contributed by atoms with Crippen LogP contribution in [0.2, 0.25) is 0 Å². The van der Waals surface area contributed by atoms with Crippen LogP contribution < -0.4 is 15.5 Å². The zero-order valence-corrected chi connectivity index (χ0v) is 15.7. The van der Waals surface area contributed by atoms with Gasteiger partial charge in [0, 0.05) is 17.4 Å². The van der Waals surface area contributed by atoms with Crippen LogP contribution in [0.4, 0.5) is 10.1 Å². The Labute approximate surface area is 162 Å². The number of carbonyl (C=O) groups excluding carboxylic acids is 1. The number of anilines is 1. The number of pyridine rings is 1. The van der Waals surface area contributed by atoms with Crippen molar-refractivity contribution >= 4 is 11.6 Å². The van der Waals surface area contributed by atoms with Crippen LogP contribution in [0.3, 0.4) is 0 Å². The van der Waals surface area contributed by atoms with Crippen LogP contribution in [0.15, 0.2) is 65.6 Å². The molecule has 0 saturated carbocycles. The maximum absolute atomic E-state index is 13.0. The summed E-state index contributed by atoms with van der Waals surface area (Å²) in [5, 5.41) is 2.70. The number of nitrogens with one attached hydrogen (secondary N) is 1. The number of halogens is 1.